The topological polar surface area (TPSA) is 68.3 Å². The first-order valence-corrected chi connectivity index (χ1v) is 6.43. The van der Waals surface area contributed by atoms with E-state index in [1.54, 1.807) is 32.6 Å². The summed E-state index contributed by atoms with van der Waals surface area (Å²) in [6.07, 6.45) is 3.44. The molecule has 6 heteroatoms. The molecule has 0 unspecified atom stereocenters. The summed E-state index contributed by atoms with van der Waals surface area (Å²) in [5.41, 5.74) is 0.734. The molecule has 2 aromatic rings. The first-order chi connectivity index (χ1) is 10.3. The molecule has 2 rings (SSSR count). The van der Waals surface area contributed by atoms with E-state index in [4.69, 9.17) is 9.47 Å². The number of benzene rings is 1. The number of methoxy groups -OCH3 is 2. The zero-order chi connectivity index (χ0) is 15.1. The van der Waals surface area contributed by atoms with Crippen molar-refractivity contribution in [3.8, 4) is 11.5 Å². The average molecular weight is 286 g/mol. The first kappa shape index (κ1) is 14.6. The van der Waals surface area contributed by atoms with E-state index in [2.05, 4.69) is 27.2 Å². The Kier molecular flexibility index (Phi) is 4.98. The SMILES string of the molecule is C=CCNc1ccnc(Nc2cc(OC)ccc2OC)n1. The van der Waals surface area contributed by atoms with Crippen LogP contribution in [0.15, 0.2) is 43.1 Å². The van der Waals surface area contributed by atoms with E-state index in [-0.39, 0.29) is 0 Å². The summed E-state index contributed by atoms with van der Waals surface area (Å²) in [4.78, 5) is 8.55. The fourth-order valence-electron chi connectivity index (χ4n) is 1.73. The Morgan fingerprint density at radius 1 is 1.24 bits per heavy atom. The Bertz CT molecular complexity index is 616. The van der Waals surface area contributed by atoms with Crippen LogP contribution < -0.4 is 20.1 Å². The van der Waals surface area contributed by atoms with Crippen LogP contribution in [0.4, 0.5) is 17.5 Å². The predicted molar refractivity (Wildman–Crippen MR) is 83.5 cm³/mol. The maximum atomic E-state index is 5.31. The summed E-state index contributed by atoms with van der Waals surface area (Å²) in [5.74, 6) is 2.59. The number of nitrogens with zero attached hydrogens (tertiary/aromatic N) is 2. The minimum absolute atomic E-state index is 0.468. The molecule has 21 heavy (non-hydrogen) atoms. The molecule has 0 fully saturated rings. The third-order valence-corrected chi connectivity index (χ3v) is 2.74. The smallest absolute Gasteiger partial charge is 0.229 e. The molecule has 0 radical (unpaired) electrons. The second-order valence-corrected chi connectivity index (χ2v) is 4.13. The molecule has 0 spiro atoms. The first-order valence-electron chi connectivity index (χ1n) is 6.43. The quantitative estimate of drug-likeness (QED) is 0.763. The van der Waals surface area contributed by atoms with Gasteiger partial charge in [0.15, 0.2) is 0 Å². The Hall–Kier alpha value is -2.76. The van der Waals surface area contributed by atoms with E-state index in [9.17, 15) is 0 Å². The minimum atomic E-state index is 0.468. The van der Waals surface area contributed by atoms with E-state index in [0.717, 1.165) is 11.4 Å². The second-order valence-electron chi connectivity index (χ2n) is 4.13. The van der Waals surface area contributed by atoms with Gasteiger partial charge in [0.1, 0.15) is 17.3 Å². The van der Waals surface area contributed by atoms with Crippen molar-refractivity contribution in [1.82, 2.24) is 9.97 Å². The van der Waals surface area contributed by atoms with Crippen molar-refractivity contribution in [1.29, 1.82) is 0 Å². The molecule has 1 aromatic heterocycles. The van der Waals surface area contributed by atoms with Crippen LogP contribution in [0.3, 0.4) is 0 Å². The molecule has 0 aliphatic carbocycles. The lowest BCUT2D eigenvalue weighted by atomic mass is 10.2. The summed E-state index contributed by atoms with van der Waals surface area (Å²) in [6.45, 7) is 4.29. The molecule has 0 amide bonds. The van der Waals surface area contributed by atoms with Crippen LogP contribution in [0.5, 0.6) is 11.5 Å². The van der Waals surface area contributed by atoms with Gasteiger partial charge >= 0.3 is 0 Å². The van der Waals surface area contributed by atoms with E-state index in [1.807, 2.05) is 18.2 Å². The molecule has 0 saturated heterocycles. The van der Waals surface area contributed by atoms with Crippen LogP contribution in [0.1, 0.15) is 0 Å². The number of hydrogen-bond acceptors (Lipinski definition) is 6. The highest BCUT2D eigenvalue weighted by molar-refractivity contribution is 5.65. The fourth-order valence-corrected chi connectivity index (χ4v) is 1.73. The van der Waals surface area contributed by atoms with Gasteiger partial charge in [0.2, 0.25) is 5.95 Å². The van der Waals surface area contributed by atoms with Gasteiger partial charge in [0.05, 0.1) is 19.9 Å². The van der Waals surface area contributed by atoms with Crippen molar-refractivity contribution in [2.24, 2.45) is 0 Å². The maximum Gasteiger partial charge on any atom is 0.229 e. The molecule has 1 heterocycles. The average Bonchev–Trinajstić information content (AvgIpc) is 2.53. The summed E-state index contributed by atoms with van der Waals surface area (Å²) in [6, 6.07) is 7.26. The van der Waals surface area contributed by atoms with Gasteiger partial charge in [-0.2, -0.15) is 4.98 Å². The highest BCUT2D eigenvalue weighted by Crippen LogP contribution is 2.30. The second kappa shape index (κ2) is 7.14. The van der Waals surface area contributed by atoms with Gasteiger partial charge in [0.25, 0.3) is 0 Å². The normalized spacial score (nSPS) is 9.81. The lowest BCUT2D eigenvalue weighted by molar-refractivity contribution is 0.405. The van der Waals surface area contributed by atoms with Crippen LogP contribution in [-0.4, -0.2) is 30.7 Å². The number of anilines is 3. The van der Waals surface area contributed by atoms with Crippen molar-refractivity contribution in [3.05, 3.63) is 43.1 Å². The highest BCUT2D eigenvalue weighted by Gasteiger charge is 2.07. The molecule has 0 bridgehead atoms. The number of hydrogen-bond donors (Lipinski definition) is 2. The van der Waals surface area contributed by atoms with Crippen LogP contribution in [0, 0.1) is 0 Å². The third kappa shape index (κ3) is 3.85. The summed E-state index contributed by atoms with van der Waals surface area (Å²) >= 11 is 0. The Labute approximate surface area is 123 Å². The zero-order valence-electron chi connectivity index (χ0n) is 12.1. The summed E-state index contributed by atoms with van der Waals surface area (Å²) < 4.78 is 10.5. The van der Waals surface area contributed by atoms with Crippen molar-refractivity contribution < 1.29 is 9.47 Å². The number of nitrogens with one attached hydrogen (secondary N) is 2. The maximum absolute atomic E-state index is 5.31. The molecule has 0 aliphatic heterocycles. The number of aromatic nitrogens is 2. The number of ether oxygens (including phenoxy) is 2. The van der Waals surface area contributed by atoms with Gasteiger partial charge in [-0.1, -0.05) is 6.08 Å². The van der Waals surface area contributed by atoms with Gasteiger partial charge in [-0.3, -0.25) is 0 Å². The van der Waals surface area contributed by atoms with Gasteiger partial charge in [-0.05, 0) is 18.2 Å². The van der Waals surface area contributed by atoms with E-state index in [0.29, 0.717) is 24.1 Å². The molecule has 0 atom stereocenters. The number of rotatable bonds is 7. The van der Waals surface area contributed by atoms with Crippen LogP contribution in [0.25, 0.3) is 0 Å². The lowest BCUT2D eigenvalue weighted by Gasteiger charge is -2.12. The third-order valence-electron chi connectivity index (χ3n) is 2.74. The predicted octanol–water partition coefficient (Wildman–Crippen LogP) is 2.84. The van der Waals surface area contributed by atoms with E-state index < -0.39 is 0 Å². The monoisotopic (exact) mass is 286 g/mol. The summed E-state index contributed by atoms with van der Waals surface area (Å²) in [7, 11) is 3.22. The fraction of sp³-hybridized carbons (Fsp3) is 0.200. The molecular weight excluding hydrogens is 268 g/mol. The standard InChI is InChI=1S/C15H18N4O2/c1-4-8-16-14-7-9-17-15(19-14)18-12-10-11(20-2)5-6-13(12)21-3/h4-7,9-10H,1,8H2,2-3H3,(H2,16,17,18,19). The highest BCUT2D eigenvalue weighted by atomic mass is 16.5. The molecule has 0 saturated carbocycles. The molecule has 2 N–H and O–H groups in total. The van der Waals surface area contributed by atoms with Gasteiger partial charge < -0.3 is 20.1 Å². The van der Waals surface area contributed by atoms with Gasteiger partial charge in [0, 0.05) is 18.8 Å². The Balaban J connectivity index is 2.22. The molecular formula is C15H18N4O2. The lowest BCUT2D eigenvalue weighted by Crippen LogP contribution is -2.04. The molecule has 0 aliphatic rings. The largest absolute Gasteiger partial charge is 0.497 e. The molecule has 110 valence electrons. The molecule has 1 aromatic carbocycles. The van der Waals surface area contributed by atoms with Crippen LogP contribution >= 0.6 is 0 Å². The van der Waals surface area contributed by atoms with E-state index >= 15 is 0 Å². The van der Waals surface area contributed by atoms with Gasteiger partial charge in [-0.15, -0.1) is 6.58 Å². The van der Waals surface area contributed by atoms with Crippen molar-refractivity contribution in [3.63, 3.8) is 0 Å². The Morgan fingerprint density at radius 3 is 2.81 bits per heavy atom. The van der Waals surface area contributed by atoms with Crippen molar-refractivity contribution in [2.75, 3.05) is 31.4 Å². The zero-order valence-corrected chi connectivity index (χ0v) is 12.1. The van der Waals surface area contributed by atoms with Crippen molar-refractivity contribution in [2.45, 2.75) is 0 Å². The van der Waals surface area contributed by atoms with Crippen molar-refractivity contribution >= 4 is 17.5 Å². The Morgan fingerprint density at radius 2 is 2.10 bits per heavy atom. The minimum Gasteiger partial charge on any atom is -0.497 e. The van der Waals surface area contributed by atoms with Gasteiger partial charge in [-0.25, -0.2) is 4.98 Å². The van der Waals surface area contributed by atoms with Crippen LogP contribution in [0.2, 0.25) is 0 Å². The summed E-state index contributed by atoms with van der Waals surface area (Å²) in [5, 5.41) is 6.23. The van der Waals surface area contributed by atoms with E-state index in [1.165, 1.54) is 0 Å². The van der Waals surface area contributed by atoms with Crippen LogP contribution in [-0.2, 0) is 0 Å². The molecule has 6 nitrogen and oxygen atoms in total.